The molecule has 6 nitrogen and oxygen atoms in total. The van der Waals surface area contributed by atoms with Crippen LogP contribution < -0.4 is 25.9 Å². The van der Waals surface area contributed by atoms with Crippen LogP contribution in [0, 0.1) is 0 Å². The highest BCUT2D eigenvalue weighted by molar-refractivity contribution is 6.98. The van der Waals surface area contributed by atoms with Gasteiger partial charge in [-0.1, -0.05) is 115 Å². The summed E-state index contributed by atoms with van der Waals surface area (Å²) in [4.78, 5) is 0. The summed E-state index contributed by atoms with van der Waals surface area (Å²) in [5.41, 5.74) is 15.0. The molecule has 0 saturated heterocycles. The molecule has 2 aliphatic heterocycles. The molecule has 310 valence electrons. The predicted octanol–water partition coefficient (Wildman–Crippen LogP) is 13.6. The van der Waals surface area contributed by atoms with E-state index in [0.717, 1.165) is 111 Å². The molecular weight excluding hydrogens is 821 g/mol. The number of para-hydroxylation sites is 6. The number of rotatable bonds is 3. The first kappa shape index (κ1) is 35.4. The second-order valence-corrected chi connectivity index (χ2v) is 17.9. The first-order valence-electron chi connectivity index (χ1n) is 22.9. The Morgan fingerprint density at radius 2 is 0.910 bits per heavy atom. The minimum Gasteiger partial charge on any atom is -0.458 e. The van der Waals surface area contributed by atoms with Crippen molar-refractivity contribution in [2.45, 2.75) is 0 Å². The molecule has 16 rings (SSSR count). The lowest BCUT2D eigenvalue weighted by molar-refractivity contribution is 0.464. The Morgan fingerprint density at radius 1 is 0.328 bits per heavy atom. The number of ether oxygens (including phenoxy) is 2. The zero-order chi connectivity index (χ0) is 43.5. The van der Waals surface area contributed by atoms with E-state index in [4.69, 9.17) is 13.9 Å². The Morgan fingerprint density at radius 3 is 1.69 bits per heavy atom. The van der Waals surface area contributed by atoms with Crippen molar-refractivity contribution in [3.8, 4) is 40.1 Å². The molecule has 0 fully saturated rings. The number of hydrogen-bond acceptors (Lipinski definition) is 3. The van der Waals surface area contributed by atoms with Gasteiger partial charge in [0.25, 0.3) is 6.71 Å². The van der Waals surface area contributed by atoms with Crippen LogP contribution in [0.2, 0.25) is 0 Å². The molecule has 0 N–H and O–H groups in total. The fourth-order valence-corrected chi connectivity index (χ4v) is 11.8. The van der Waals surface area contributed by atoms with E-state index in [0.29, 0.717) is 0 Å². The molecule has 2 aliphatic rings. The minimum atomic E-state index is -0.124. The third kappa shape index (κ3) is 4.64. The van der Waals surface area contributed by atoms with Gasteiger partial charge in [-0.15, -0.1) is 0 Å². The lowest BCUT2D eigenvalue weighted by Gasteiger charge is -2.33. The molecule has 7 heteroatoms. The van der Waals surface area contributed by atoms with Crippen LogP contribution in [0.5, 0.6) is 23.0 Å². The van der Waals surface area contributed by atoms with Crippen LogP contribution in [-0.2, 0) is 0 Å². The van der Waals surface area contributed by atoms with Crippen molar-refractivity contribution < 1.29 is 13.9 Å². The van der Waals surface area contributed by atoms with Crippen LogP contribution in [0.15, 0.2) is 211 Å². The first-order chi connectivity index (χ1) is 33.2. The van der Waals surface area contributed by atoms with E-state index in [1.807, 2.05) is 12.1 Å². The topological polar surface area (TPSA) is 46.4 Å². The minimum absolute atomic E-state index is 0.124. The van der Waals surface area contributed by atoms with E-state index in [1.165, 1.54) is 32.6 Å². The van der Waals surface area contributed by atoms with E-state index in [9.17, 15) is 0 Å². The Kier molecular flexibility index (Phi) is 6.80. The lowest BCUT2D eigenvalue weighted by atomic mass is 9.35. The maximum absolute atomic E-state index is 7.09. The van der Waals surface area contributed by atoms with Crippen LogP contribution in [0.1, 0.15) is 0 Å². The normalized spacial score (nSPS) is 13.0. The maximum Gasteiger partial charge on any atom is 0.260 e. The van der Waals surface area contributed by atoms with Gasteiger partial charge in [-0.2, -0.15) is 0 Å². The molecule has 0 radical (unpaired) electrons. The first-order valence-corrected chi connectivity index (χ1v) is 22.9. The van der Waals surface area contributed by atoms with Gasteiger partial charge in [0.1, 0.15) is 34.2 Å². The van der Waals surface area contributed by atoms with Gasteiger partial charge in [-0.3, -0.25) is 0 Å². The van der Waals surface area contributed by atoms with Gasteiger partial charge in [0, 0.05) is 66.7 Å². The summed E-state index contributed by atoms with van der Waals surface area (Å²) in [6, 6.07) is 73.8. The summed E-state index contributed by atoms with van der Waals surface area (Å²) >= 11 is 0. The second kappa shape index (κ2) is 12.9. The zero-order valence-electron chi connectivity index (χ0n) is 35.8. The molecule has 0 amide bonds. The monoisotopic (exact) mass is 855 g/mol. The SMILES string of the molecule is c1ccc(-n2c3ccccc3c3ccc4c(c5ccccc5n4-c4ccc5c(c4)B4c6ccccc6Oc6cc(-n7c8ccccc8c8c9oc%10ccccc%10c9ccc87)cc(c64)O5)c32)cc1. The van der Waals surface area contributed by atoms with Crippen molar-refractivity contribution in [1.29, 1.82) is 0 Å². The summed E-state index contributed by atoms with van der Waals surface area (Å²) < 4.78 is 27.8. The largest absolute Gasteiger partial charge is 0.458 e. The molecule has 0 atom stereocenters. The Hall–Kier alpha value is -8.94. The number of hydrogen-bond donors (Lipinski definition) is 0. The highest BCUT2D eigenvalue weighted by atomic mass is 16.5. The van der Waals surface area contributed by atoms with E-state index in [-0.39, 0.29) is 6.71 Å². The van der Waals surface area contributed by atoms with Gasteiger partial charge < -0.3 is 27.6 Å². The Balaban J connectivity index is 0.915. The summed E-state index contributed by atoms with van der Waals surface area (Å²) in [5.74, 6) is 3.26. The molecule has 0 saturated carbocycles. The van der Waals surface area contributed by atoms with Crippen molar-refractivity contribution in [3.05, 3.63) is 206 Å². The maximum atomic E-state index is 7.09. The third-order valence-corrected chi connectivity index (χ3v) is 14.5. The highest BCUT2D eigenvalue weighted by Crippen LogP contribution is 2.45. The standard InChI is InChI=1S/C60H34BN3O3/c1-2-14-35(15-3-1)64-46-21-9-4-16-38(46)40-27-29-49-56(59(40)64)42-18-5-10-22-47(42)62(49)36-26-31-53-45(32-36)61-44-20-8-13-25-52(44)65-54-33-37(34-55(66-53)58(54)61)63-48-23-11-6-19-43(48)57-50(63)30-28-41-39-17-7-12-24-51(39)67-60(41)57/h1-34H. The number of nitrogens with zero attached hydrogens (tertiary/aromatic N) is 3. The molecule has 4 aromatic heterocycles. The van der Waals surface area contributed by atoms with Gasteiger partial charge >= 0.3 is 0 Å². The summed E-state index contributed by atoms with van der Waals surface area (Å²) in [7, 11) is 0. The quantitative estimate of drug-likeness (QED) is 0.166. The van der Waals surface area contributed by atoms with Gasteiger partial charge in [-0.05, 0) is 89.8 Å². The molecule has 0 aliphatic carbocycles. The summed E-state index contributed by atoms with van der Waals surface area (Å²) in [5, 5.41) is 9.35. The molecule has 14 aromatic rings. The van der Waals surface area contributed by atoms with Crippen LogP contribution >= 0.6 is 0 Å². The van der Waals surface area contributed by atoms with Crippen LogP contribution in [0.25, 0.3) is 104 Å². The van der Waals surface area contributed by atoms with Crippen LogP contribution in [-0.4, -0.2) is 20.4 Å². The number of aromatic nitrogens is 3. The highest BCUT2D eigenvalue weighted by Gasteiger charge is 2.41. The smallest absolute Gasteiger partial charge is 0.260 e. The van der Waals surface area contributed by atoms with Gasteiger partial charge in [0.2, 0.25) is 0 Å². The van der Waals surface area contributed by atoms with E-state index >= 15 is 0 Å². The van der Waals surface area contributed by atoms with Gasteiger partial charge in [-0.25, -0.2) is 0 Å². The zero-order valence-corrected chi connectivity index (χ0v) is 35.8. The number of fused-ring (bicyclic) bond motifs is 18. The lowest BCUT2D eigenvalue weighted by Crippen LogP contribution is -2.57. The summed E-state index contributed by atoms with van der Waals surface area (Å²) in [6.07, 6.45) is 0. The molecule has 0 unspecified atom stereocenters. The van der Waals surface area contributed by atoms with Gasteiger partial charge in [0.05, 0.1) is 44.2 Å². The van der Waals surface area contributed by atoms with Crippen molar-refractivity contribution in [2.24, 2.45) is 0 Å². The van der Waals surface area contributed by atoms with Crippen molar-refractivity contribution in [3.63, 3.8) is 0 Å². The van der Waals surface area contributed by atoms with E-state index in [1.54, 1.807) is 0 Å². The number of benzene rings is 10. The van der Waals surface area contributed by atoms with Crippen molar-refractivity contribution in [2.75, 3.05) is 0 Å². The molecule has 67 heavy (non-hydrogen) atoms. The molecule has 6 heterocycles. The molecule has 0 bridgehead atoms. The van der Waals surface area contributed by atoms with E-state index < -0.39 is 0 Å². The second-order valence-electron chi connectivity index (χ2n) is 17.9. The van der Waals surface area contributed by atoms with Crippen LogP contribution in [0.4, 0.5) is 0 Å². The molecular formula is C60H34BN3O3. The fraction of sp³-hybridized carbons (Fsp3) is 0. The summed E-state index contributed by atoms with van der Waals surface area (Å²) in [6.45, 7) is -0.124. The molecule has 0 spiro atoms. The average molecular weight is 856 g/mol. The Labute approximate surface area is 382 Å². The predicted molar refractivity (Wildman–Crippen MR) is 274 cm³/mol. The van der Waals surface area contributed by atoms with E-state index in [2.05, 4.69) is 208 Å². The number of furan rings is 1. The fourth-order valence-electron chi connectivity index (χ4n) is 11.8. The van der Waals surface area contributed by atoms with Gasteiger partial charge in [0.15, 0.2) is 0 Å². The Bertz CT molecular complexity index is 4460. The van der Waals surface area contributed by atoms with Crippen LogP contribution in [0.3, 0.4) is 0 Å². The van der Waals surface area contributed by atoms with Crippen molar-refractivity contribution >= 4 is 110 Å². The van der Waals surface area contributed by atoms with Crippen molar-refractivity contribution in [1.82, 2.24) is 13.7 Å². The average Bonchev–Trinajstić information content (AvgIpc) is 4.12. The molecule has 10 aromatic carbocycles. The third-order valence-electron chi connectivity index (χ3n) is 14.5.